The van der Waals surface area contributed by atoms with Crippen LogP contribution in [0.1, 0.15) is 53.9 Å². The van der Waals surface area contributed by atoms with Gasteiger partial charge in [0.25, 0.3) is 5.91 Å². The third-order valence-corrected chi connectivity index (χ3v) is 4.62. The first kappa shape index (κ1) is 14.3. The number of carbonyl (C=O) groups excluding carboxylic acids is 1. The molecule has 2 rings (SSSR count). The average molecular weight is 283 g/mol. The van der Waals surface area contributed by atoms with Crippen molar-refractivity contribution in [3.63, 3.8) is 0 Å². The minimum atomic E-state index is -0.754. The number of anilines is 1. The van der Waals surface area contributed by atoms with Gasteiger partial charge >= 0.3 is 0 Å². The smallest absolute Gasteiger partial charge is 0.263 e. The number of aryl methyl sites for hydroxylation is 1. The summed E-state index contributed by atoms with van der Waals surface area (Å²) in [4.78, 5) is 16.6. The lowest BCUT2D eigenvalue weighted by Gasteiger charge is -2.26. The van der Waals surface area contributed by atoms with E-state index >= 15 is 0 Å². The molecule has 0 aromatic carbocycles. The van der Waals surface area contributed by atoms with Gasteiger partial charge in [-0.05, 0) is 19.8 Å². The molecule has 106 valence electrons. The number of amides is 1. The van der Waals surface area contributed by atoms with Gasteiger partial charge in [0.15, 0.2) is 5.13 Å². The molecule has 1 amide bonds. The Labute approximate surface area is 117 Å². The quantitative estimate of drug-likeness (QED) is 0.739. The molecular formula is C13H21N3O2S. The SMILES string of the molecule is Cc1nc(N)sc1C(=O)NCC1(O)CCCCCC1. The van der Waals surface area contributed by atoms with E-state index in [0.29, 0.717) is 22.2 Å². The highest BCUT2D eigenvalue weighted by Gasteiger charge is 2.29. The molecule has 0 unspecified atom stereocenters. The van der Waals surface area contributed by atoms with Crippen LogP contribution in [0.25, 0.3) is 0 Å². The Kier molecular flexibility index (Phi) is 4.42. The Hall–Kier alpha value is -1.14. The second kappa shape index (κ2) is 5.88. The number of nitrogens with two attached hydrogens (primary N) is 1. The van der Waals surface area contributed by atoms with Crippen LogP contribution in [0.4, 0.5) is 5.13 Å². The maximum Gasteiger partial charge on any atom is 0.263 e. The van der Waals surface area contributed by atoms with E-state index in [-0.39, 0.29) is 5.91 Å². The van der Waals surface area contributed by atoms with Crippen molar-refractivity contribution in [2.45, 2.75) is 51.0 Å². The van der Waals surface area contributed by atoms with E-state index in [9.17, 15) is 9.90 Å². The fourth-order valence-corrected chi connectivity index (χ4v) is 3.27. The van der Waals surface area contributed by atoms with Crippen molar-refractivity contribution in [3.05, 3.63) is 10.6 Å². The van der Waals surface area contributed by atoms with Gasteiger partial charge < -0.3 is 16.2 Å². The molecule has 0 radical (unpaired) electrons. The van der Waals surface area contributed by atoms with E-state index in [1.165, 1.54) is 24.2 Å². The van der Waals surface area contributed by atoms with Gasteiger partial charge in [-0.15, -0.1) is 0 Å². The van der Waals surface area contributed by atoms with E-state index in [4.69, 9.17) is 5.73 Å². The van der Waals surface area contributed by atoms with Crippen LogP contribution in [0.2, 0.25) is 0 Å². The van der Waals surface area contributed by atoms with Crippen molar-refractivity contribution in [2.75, 3.05) is 12.3 Å². The number of aliphatic hydroxyl groups is 1. The van der Waals surface area contributed by atoms with Gasteiger partial charge in [-0.3, -0.25) is 4.79 Å². The zero-order valence-electron chi connectivity index (χ0n) is 11.2. The summed E-state index contributed by atoms with van der Waals surface area (Å²) in [5, 5.41) is 13.7. The maximum absolute atomic E-state index is 12.0. The van der Waals surface area contributed by atoms with E-state index in [2.05, 4.69) is 10.3 Å². The van der Waals surface area contributed by atoms with Crippen molar-refractivity contribution >= 4 is 22.4 Å². The number of aromatic nitrogens is 1. The largest absolute Gasteiger partial charge is 0.388 e. The number of rotatable bonds is 3. The number of hydrogen-bond donors (Lipinski definition) is 3. The van der Waals surface area contributed by atoms with Gasteiger partial charge in [0.05, 0.1) is 11.3 Å². The van der Waals surface area contributed by atoms with Crippen molar-refractivity contribution < 1.29 is 9.90 Å². The van der Waals surface area contributed by atoms with Gasteiger partial charge in [0, 0.05) is 6.54 Å². The van der Waals surface area contributed by atoms with Crippen LogP contribution in [0.15, 0.2) is 0 Å². The molecule has 1 fully saturated rings. The van der Waals surface area contributed by atoms with Crippen molar-refractivity contribution in [3.8, 4) is 0 Å². The van der Waals surface area contributed by atoms with Crippen LogP contribution in [-0.2, 0) is 0 Å². The average Bonchev–Trinajstić information content (AvgIpc) is 2.58. The van der Waals surface area contributed by atoms with Gasteiger partial charge in [0.1, 0.15) is 4.88 Å². The van der Waals surface area contributed by atoms with Crippen LogP contribution in [-0.4, -0.2) is 28.1 Å². The van der Waals surface area contributed by atoms with Crippen molar-refractivity contribution in [2.24, 2.45) is 0 Å². The summed E-state index contributed by atoms with van der Waals surface area (Å²) in [5.74, 6) is -0.190. The predicted octanol–water partition coefficient (Wildman–Crippen LogP) is 1.85. The lowest BCUT2D eigenvalue weighted by Crippen LogP contribution is -2.42. The van der Waals surface area contributed by atoms with E-state index in [1.54, 1.807) is 6.92 Å². The first-order chi connectivity index (χ1) is 9.00. The summed E-state index contributed by atoms with van der Waals surface area (Å²) < 4.78 is 0. The van der Waals surface area contributed by atoms with E-state index in [1.807, 2.05) is 0 Å². The van der Waals surface area contributed by atoms with Crippen LogP contribution in [0.5, 0.6) is 0 Å². The number of thiazole rings is 1. The minimum absolute atomic E-state index is 0.190. The third kappa shape index (κ3) is 3.67. The molecule has 4 N–H and O–H groups in total. The van der Waals surface area contributed by atoms with Crippen molar-refractivity contribution in [1.29, 1.82) is 0 Å². The second-order valence-electron chi connectivity index (χ2n) is 5.29. The Morgan fingerprint density at radius 1 is 1.42 bits per heavy atom. The first-order valence-corrected chi connectivity index (χ1v) is 7.55. The summed E-state index contributed by atoms with van der Waals surface area (Å²) in [7, 11) is 0. The summed E-state index contributed by atoms with van der Waals surface area (Å²) in [6, 6.07) is 0. The predicted molar refractivity (Wildman–Crippen MR) is 76.2 cm³/mol. The molecular weight excluding hydrogens is 262 g/mol. The molecule has 0 spiro atoms. The molecule has 1 aliphatic carbocycles. The number of nitrogens with zero attached hydrogens (tertiary/aromatic N) is 1. The van der Waals surface area contributed by atoms with E-state index < -0.39 is 5.60 Å². The lowest BCUT2D eigenvalue weighted by molar-refractivity contribution is 0.0247. The number of nitrogens with one attached hydrogen (secondary N) is 1. The van der Waals surface area contributed by atoms with Gasteiger partial charge in [-0.1, -0.05) is 37.0 Å². The molecule has 0 aliphatic heterocycles. The minimum Gasteiger partial charge on any atom is -0.388 e. The Morgan fingerprint density at radius 3 is 2.58 bits per heavy atom. The van der Waals surface area contributed by atoms with Crippen LogP contribution < -0.4 is 11.1 Å². The zero-order chi connectivity index (χ0) is 13.9. The number of hydrogen-bond acceptors (Lipinski definition) is 5. The fourth-order valence-electron chi connectivity index (χ4n) is 2.52. The second-order valence-corrected chi connectivity index (χ2v) is 6.32. The molecule has 0 saturated heterocycles. The molecule has 1 aromatic rings. The van der Waals surface area contributed by atoms with Crippen LogP contribution in [0.3, 0.4) is 0 Å². The zero-order valence-corrected chi connectivity index (χ0v) is 12.1. The molecule has 1 heterocycles. The molecule has 1 aromatic heterocycles. The summed E-state index contributed by atoms with van der Waals surface area (Å²) in [6.45, 7) is 2.07. The lowest BCUT2D eigenvalue weighted by atomic mass is 9.94. The molecule has 0 atom stereocenters. The summed E-state index contributed by atoms with van der Waals surface area (Å²) >= 11 is 1.19. The molecule has 1 aliphatic rings. The Morgan fingerprint density at radius 2 is 2.05 bits per heavy atom. The highest BCUT2D eigenvalue weighted by molar-refractivity contribution is 7.17. The third-order valence-electron chi connectivity index (χ3n) is 3.63. The van der Waals surface area contributed by atoms with Gasteiger partial charge in [0.2, 0.25) is 0 Å². The van der Waals surface area contributed by atoms with Crippen LogP contribution >= 0.6 is 11.3 Å². The number of nitrogen functional groups attached to an aromatic ring is 1. The monoisotopic (exact) mass is 283 g/mol. The molecule has 0 bridgehead atoms. The van der Waals surface area contributed by atoms with E-state index in [0.717, 1.165) is 25.7 Å². The summed E-state index contributed by atoms with van der Waals surface area (Å²) in [6.07, 6.45) is 5.91. The van der Waals surface area contributed by atoms with Gasteiger partial charge in [-0.2, -0.15) is 0 Å². The fraction of sp³-hybridized carbons (Fsp3) is 0.692. The Bertz CT molecular complexity index is 451. The first-order valence-electron chi connectivity index (χ1n) is 6.74. The van der Waals surface area contributed by atoms with Crippen LogP contribution in [0, 0.1) is 6.92 Å². The highest BCUT2D eigenvalue weighted by atomic mass is 32.1. The van der Waals surface area contributed by atoms with Gasteiger partial charge in [-0.25, -0.2) is 4.98 Å². The van der Waals surface area contributed by atoms with Crippen molar-refractivity contribution in [1.82, 2.24) is 10.3 Å². The Balaban J connectivity index is 1.94. The molecule has 19 heavy (non-hydrogen) atoms. The normalized spacial score (nSPS) is 18.8. The molecule has 6 heteroatoms. The maximum atomic E-state index is 12.0. The highest BCUT2D eigenvalue weighted by Crippen LogP contribution is 2.26. The number of carbonyl (C=O) groups is 1. The molecule has 1 saturated carbocycles. The standard InChI is InChI=1S/C13H21N3O2S/c1-9-10(19-12(14)16-9)11(17)15-8-13(18)6-4-2-3-5-7-13/h18H,2-8H2,1H3,(H2,14,16)(H,15,17). The molecule has 5 nitrogen and oxygen atoms in total. The summed E-state index contributed by atoms with van der Waals surface area (Å²) in [5.41, 5.74) is 5.47. The topological polar surface area (TPSA) is 88.2 Å².